The number of halogens is 1. The van der Waals surface area contributed by atoms with E-state index in [1.165, 1.54) is 6.42 Å². The van der Waals surface area contributed by atoms with Crippen molar-refractivity contribution in [3.63, 3.8) is 0 Å². The molecule has 6 nitrogen and oxygen atoms in total. The Balaban J connectivity index is 1.73. The number of amides is 2. The van der Waals surface area contributed by atoms with Gasteiger partial charge in [0.15, 0.2) is 0 Å². The lowest BCUT2D eigenvalue weighted by molar-refractivity contribution is 0.244. The van der Waals surface area contributed by atoms with Crippen molar-refractivity contribution in [2.45, 2.75) is 44.7 Å². The van der Waals surface area contributed by atoms with Crippen molar-refractivity contribution in [1.82, 2.24) is 9.97 Å². The molecular formula is C19H21ClN4O2. The molecule has 2 amide bonds. The number of hydrogen-bond donors (Lipinski definition) is 0. The summed E-state index contributed by atoms with van der Waals surface area (Å²) >= 11 is 6.03. The monoisotopic (exact) mass is 372 g/mol. The first-order valence-corrected chi connectivity index (χ1v) is 9.31. The Labute approximate surface area is 157 Å². The van der Waals surface area contributed by atoms with Gasteiger partial charge >= 0.3 is 6.03 Å². The molecule has 2 aromatic rings. The molecular weight excluding hydrogens is 352 g/mol. The van der Waals surface area contributed by atoms with Crippen LogP contribution in [0.3, 0.4) is 0 Å². The minimum absolute atomic E-state index is 0.0515. The second-order valence-corrected chi connectivity index (χ2v) is 7.05. The normalized spacial score (nSPS) is 18.0. The first-order chi connectivity index (χ1) is 12.7. The van der Waals surface area contributed by atoms with Gasteiger partial charge in [-0.1, -0.05) is 19.3 Å². The topological polar surface area (TPSA) is 58.6 Å². The number of rotatable bonds is 3. The molecule has 0 radical (unpaired) electrons. The summed E-state index contributed by atoms with van der Waals surface area (Å²) in [6.07, 6.45) is 7.18. The van der Waals surface area contributed by atoms with Gasteiger partial charge in [0.1, 0.15) is 11.6 Å². The number of hydrogen-bond acceptors (Lipinski definition) is 4. The molecule has 0 atom stereocenters. The van der Waals surface area contributed by atoms with Crippen molar-refractivity contribution in [1.29, 1.82) is 0 Å². The first-order valence-electron chi connectivity index (χ1n) is 8.93. The van der Waals surface area contributed by atoms with Crippen LogP contribution in [0.25, 0.3) is 0 Å². The molecule has 1 aliphatic carbocycles. The van der Waals surface area contributed by atoms with Gasteiger partial charge < -0.3 is 4.74 Å². The van der Waals surface area contributed by atoms with Crippen LogP contribution in [0, 0.1) is 0 Å². The average molecular weight is 373 g/mol. The number of carbonyl (C=O) groups excluding carboxylic acids is 1. The standard InChI is InChI=1S/C19H21ClN4O2/c1-26-16-9-7-14(8-10-16)23-12-13-11-21-18(20)22-17(13)24(19(23)25)15-5-3-2-4-6-15/h7-11,15H,2-6,12H2,1H3. The van der Waals surface area contributed by atoms with E-state index >= 15 is 0 Å². The fourth-order valence-electron chi connectivity index (χ4n) is 3.79. The van der Waals surface area contributed by atoms with Gasteiger partial charge in [0, 0.05) is 23.5 Å². The van der Waals surface area contributed by atoms with E-state index < -0.39 is 0 Å². The fraction of sp³-hybridized carbons (Fsp3) is 0.421. The lowest BCUT2D eigenvalue weighted by atomic mass is 9.93. The predicted molar refractivity (Wildman–Crippen MR) is 101 cm³/mol. The summed E-state index contributed by atoms with van der Waals surface area (Å²) in [4.78, 5) is 25.5. The largest absolute Gasteiger partial charge is 0.497 e. The number of aromatic nitrogens is 2. The molecule has 1 saturated carbocycles. The van der Waals surface area contributed by atoms with Gasteiger partial charge in [-0.2, -0.15) is 4.98 Å². The smallest absolute Gasteiger partial charge is 0.330 e. The zero-order valence-electron chi connectivity index (χ0n) is 14.7. The molecule has 0 unspecified atom stereocenters. The summed E-state index contributed by atoms with van der Waals surface area (Å²) in [7, 11) is 1.63. The Morgan fingerprint density at radius 2 is 1.88 bits per heavy atom. The van der Waals surface area contributed by atoms with Crippen molar-refractivity contribution in [3.05, 3.63) is 41.3 Å². The van der Waals surface area contributed by atoms with Crippen LogP contribution in [0.2, 0.25) is 5.28 Å². The maximum atomic E-state index is 13.4. The molecule has 0 N–H and O–H groups in total. The molecule has 0 spiro atoms. The van der Waals surface area contributed by atoms with Gasteiger partial charge in [-0.05, 0) is 48.7 Å². The van der Waals surface area contributed by atoms with E-state index in [0.29, 0.717) is 12.4 Å². The van der Waals surface area contributed by atoms with E-state index in [9.17, 15) is 4.79 Å². The first kappa shape index (κ1) is 17.1. The minimum Gasteiger partial charge on any atom is -0.497 e. The zero-order valence-corrected chi connectivity index (χ0v) is 15.4. The zero-order chi connectivity index (χ0) is 18.1. The number of nitrogens with zero attached hydrogens (tertiary/aromatic N) is 4. The van der Waals surface area contributed by atoms with Crippen molar-refractivity contribution in [2.24, 2.45) is 0 Å². The Hall–Kier alpha value is -2.34. The molecule has 1 aromatic heterocycles. The van der Waals surface area contributed by atoms with Gasteiger partial charge in [0.2, 0.25) is 5.28 Å². The van der Waals surface area contributed by atoms with Crippen LogP contribution in [0.1, 0.15) is 37.7 Å². The maximum Gasteiger partial charge on any atom is 0.330 e. The van der Waals surface area contributed by atoms with E-state index in [4.69, 9.17) is 16.3 Å². The summed E-state index contributed by atoms with van der Waals surface area (Å²) < 4.78 is 5.22. The van der Waals surface area contributed by atoms with E-state index in [1.807, 2.05) is 29.2 Å². The molecule has 26 heavy (non-hydrogen) atoms. The van der Waals surface area contributed by atoms with Crippen LogP contribution >= 0.6 is 11.6 Å². The summed E-state index contributed by atoms with van der Waals surface area (Å²) in [6.45, 7) is 0.431. The lowest BCUT2D eigenvalue weighted by Gasteiger charge is -2.41. The molecule has 2 heterocycles. The fourth-order valence-corrected chi connectivity index (χ4v) is 3.92. The number of fused-ring (bicyclic) bond motifs is 1. The summed E-state index contributed by atoms with van der Waals surface area (Å²) in [5.41, 5.74) is 1.74. The second kappa shape index (κ2) is 7.11. The highest BCUT2D eigenvalue weighted by atomic mass is 35.5. The van der Waals surface area contributed by atoms with Crippen molar-refractivity contribution < 1.29 is 9.53 Å². The van der Waals surface area contributed by atoms with Gasteiger partial charge in [-0.3, -0.25) is 9.80 Å². The second-order valence-electron chi connectivity index (χ2n) is 6.72. The maximum absolute atomic E-state index is 13.4. The summed E-state index contributed by atoms with van der Waals surface area (Å²) in [5.74, 6) is 1.42. The lowest BCUT2D eigenvalue weighted by Crippen LogP contribution is -2.53. The van der Waals surface area contributed by atoms with Crippen LogP contribution < -0.4 is 14.5 Å². The Morgan fingerprint density at radius 3 is 2.58 bits per heavy atom. The Morgan fingerprint density at radius 1 is 1.15 bits per heavy atom. The number of ether oxygens (including phenoxy) is 1. The van der Waals surface area contributed by atoms with Gasteiger partial charge in [-0.15, -0.1) is 0 Å². The van der Waals surface area contributed by atoms with Crippen molar-refractivity contribution in [3.8, 4) is 5.75 Å². The SMILES string of the molecule is COc1ccc(N2Cc3cnc(Cl)nc3N(C3CCCCC3)C2=O)cc1. The van der Waals surface area contributed by atoms with Crippen LogP contribution in [-0.2, 0) is 6.54 Å². The minimum atomic E-state index is -0.0515. The third kappa shape index (κ3) is 3.09. The van der Waals surface area contributed by atoms with Crippen molar-refractivity contribution >= 4 is 29.1 Å². The number of carbonyl (C=O) groups is 1. The summed E-state index contributed by atoms with van der Waals surface area (Å²) in [6, 6.07) is 7.63. The number of methoxy groups -OCH3 is 1. The number of benzene rings is 1. The molecule has 1 aliphatic heterocycles. The number of urea groups is 1. The number of anilines is 2. The van der Waals surface area contributed by atoms with Gasteiger partial charge in [0.05, 0.1) is 13.7 Å². The van der Waals surface area contributed by atoms with E-state index in [2.05, 4.69) is 9.97 Å². The van der Waals surface area contributed by atoms with Crippen LogP contribution in [-0.4, -0.2) is 29.2 Å². The third-order valence-corrected chi connectivity index (χ3v) is 5.31. The molecule has 2 aliphatic rings. The molecule has 0 bridgehead atoms. The summed E-state index contributed by atoms with van der Waals surface area (Å²) in [5, 5.41) is 0.176. The highest BCUT2D eigenvalue weighted by Gasteiger charge is 2.37. The molecule has 136 valence electrons. The predicted octanol–water partition coefficient (Wildman–Crippen LogP) is 4.42. The molecule has 7 heteroatoms. The third-order valence-electron chi connectivity index (χ3n) is 5.13. The Bertz CT molecular complexity index is 806. The molecule has 1 fully saturated rings. The van der Waals surface area contributed by atoms with Gasteiger partial charge in [0.25, 0.3) is 0 Å². The van der Waals surface area contributed by atoms with Crippen molar-refractivity contribution in [2.75, 3.05) is 16.9 Å². The van der Waals surface area contributed by atoms with Crippen LogP contribution in [0.5, 0.6) is 5.75 Å². The van der Waals surface area contributed by atoms with Crippen LogP contribution in [0.4, 0.5) is 16.3 Å². The van der Waals surface area contributed by atoms with E-state index in [1.54, 1.807) is 18.2 Å². The highest BCUT2D eigenvalue weighted by molar-refractivity contribution is 6.28. The van der Waals surface area contributed by atoms with Gasteiger partial charge in [-0.25, -0.2) is 9.78 Å². The van der Waals surface area contributed by atoms with E-state index in [-0.39, 0.29) is 17.4 Å². The Kier molecular flexibility index (Phi) is 4.68. The molecule has 0 saturated heterocycles. The average Bonchev–Trinajstić information content (AvgIpc) is 2.68. The van der Waals surface area contributed by atoms with E-state index in [0.717, 1.165) is 42.7 Å². The molecule has 1 aromatic carbocycles. The van der Waals surface area contributed by atoms with Crippen LogP contribution in [0.15, 0.2) is 30.5 Å². The molecule has 4 rings (SSSR count). The highest BCUT2D eigenvalue weighted by Crippen LogP contribution is 2.36. The quantitative estimate of drug-likeness (QED) is 0.748.